The Kier molecular flexibility index (Phi) is 5.70. The zero-order valence-electron chi connectivity index (χ0n) is 17.1. The lowest BCUT2D eigenvalue weighted by molar-refractivity contribution is -0.152. The van der Waals surface area contributed by atoms with Gasteiger partial charge in [-0.25, -0.2) is 4.79 Å². The third kappa shape index (κ3) is 4.14. The van der Waals surface area contributed by atoms with Crippen molar-refractivity contribution >= 4 is 23.7 Å². The van der Waals surface area contributed by atoms with E-state index in [1.54, 1.807) is 28.0 Å². The number of ether oxygens (including phenoxy) is 1. The largest absolute Gasteiger partial charge is 0.465 e. The minimum atomic E-state index is -0.721. The molecule has 0 spiro atoms. The van der Waals surface area contributed by atoms with E-state index in [4.69, 9.17) is 4.74 Å². The number of fused-ring (bicyclic) bond motifs is 1. The van der Waals surface area contributed by atoms with Crippen molar-refractivity contribution in [2.75, 3.05) is 26.7 Å². The Morgan fingerprint density at radius 2 is 1.77 bits per heavy atom. The lowest BCUT2D eigenvalue weighted by Crippen LogP contribution is -2.70. The normalized spacial score (nSPS) is 20.7. The van der Waals surface area contributed by atoms with Crippen molar-refractivity contribution in [2.45, 2.75) is 18.5 Å². The van der Waals surface area contributed by atoms with Gasteiger partial charge in [-0.05, 0) is 23.8 Å². The van der Waals surface area contributed by atoms with Crippen molar-refractivity contribution in [3.63, 3.8) is 0 Å². The number of esters is 1. The van der Waals surface area contributed by atoms with Crippen LogP contribution in [0.2, 0.25) is 0 Å². The van der Waals surface area contributed by atoms with Gasteiger partial charge in [0.25, 0.3) is 5.91 Å². The zero-order valence-corrected chi connectivity index (χ0v) is 17.1. The summed E-state index contributed by atoms with van der Waals surface area (Å²) in [5, 5.41) is 2.82. The summed E-state index contributed by atoms with van der Waals surface area (Å²) < 4.78 is 4.70. The first-order chi connectivity index (χ1) is 15.0. The van der Waals surface area contributed by atoms with Crippen LogP contribution in [-0.2, 0) is 20.7 Å². The lowest BCUT2D eigenvalue weighted by atomic mass is 9.98. The maximum atomic E-state index is 13.0. The molecule has 0 saturated carbocycles. The van der Waals surface area contributed by atoms with Crippen LogP contribution < -0.4 is 5.32 Å². The van der Waals surface area contributed by atoms with E-state index in [9.17, 15) is 19.2 Å². The molecule has 2 aliphatic rings. The van der Waals surface area contributed by atoms with E-state index in [2.05, 4.69) is 5.32 Å². The van der Waals surface area contributed by atoms with Crippen LogP contribution in [0.5, 0.6) is 0 Å². The second-order valence-corrected chi connectivity index (χ2v) is 7.62. The fraction of sp³-hybridized carbons (Fsp3) is 0.304. The van der Waals surface area contributed by atoms with Gasteiger partial charge in [-0.15, -0.1) is 0 Å². The van der Waals surface area contributed by atoms with Crippen LogP contribution in [0.3, 0.4) is 0 Å². The molecular formula is C23H23N3O5. The Morgan fingerprint density at radius 1 is 1.03 bits per heavy atom. The topological polar surface area (TPSA) is 96.0 Å². The Balaban J connectivity index is 1.46. The molecule has 2 unspecified atom stereocenters. The quantitative estimate of drug-likeness (QED) is 0.739. The highest BCUT2D eigenvalue weighted by molar-refractivity contribution is 6.00. The number of hydrogen-bond donors (Lipinski definition) is 1. The molecule has 0 aromatic heterocycles. The van der Waals surface area contributed by atoms with Gasteiger partial charge in [0.1, 0.15) is 12.1 Å². The number of hydrogen-bond acceptors (Lipinski definition) is 5. The number of rotatable bonds is 4. The predicted octanol–water partition coefficient (Wildman–Crippen LogP) is 0.867. The third-order valence-corrected chi connectivity index (χ3v) is 5.68. The van der Waals surface area contributed by atoms with Gasteiger partial charge < -0.3 is 19.9 Å². The highest BCUT2D eigenvalue weighted by Crippen LogP contribution is 2.20. The van der Waals surface area contributed by atoms with Gasteiger partial charge in [0.05, 0.1) is 19.2 Å². The van der Waals surface area contributed by atoms with E-state index in [1.165, 1.54) is 13.2 Å². The van der Waals surface area contributed by atoms with Crippen molar-refractivity contribution < 1.29 is 23.9 Å². The van der Waals surface area contributed by atoms with Gasteiger partial charge in [-0.1, -0.05) is 36.4 Å². The summed E-state index contributed by atoms with van der Waals surface area (Å²) in [4.78, 5) is 53.6. The molecule has 1 N–H and O–H groups in total. The van der Waals surface area contributed by atoms with Crippen LogP contribution in [0.15, 0.2) is 54.6 Å². The number of amides is 3. The van der Waals surface area contributed by atoms with Gasteiger partial charge in [-0.3, -0.25) is 14.4 Å². The molecule has 2 aliphatic heterocycles. The second kappa shape index (κ2) is 8.59. The number of nitrogens with one attached hydrogen (secondary N) is 1. The van der Waals surface area contributed by atoms with Gasteiger partial charge in [0.15, 0.2) is 0 Å². The van der Waals surface area contributed by atoms with E-state index < -0.39 is 18.1 Å². The molecule has 4 rings (SSSR count). The molecule has 31 heavy (non-hydrogen) atoms. The average Bonchev–Trinajstić information content (AvgIpc) is 2.81. The smallest absolute Gasteiger partial charge is 0.337 e. The number of carbonyl (C=O) groups is 4. The highest BCUT2D eigenvalue weighted by Gasteiger charge is 2.44. The van der Waals surface area contributed by atoms with Crippen molar-refractivity contribution in [2.24, 2.45) is 0 Å². The number of benzene rings is 2. The Morgan fingerprint density at radius 3 is 2.52 bits per heavy atom. The molecule has 2 aromatic carbocycles. The minimum Gasteiger partial charge on any atom is -0.465 e. The van der Waals surface area contributed by atoms with Crippen LogP contribution in [0.25, 0.3) is 0 Å². The number of nitrogens with zero attached hydrogens (tertiary/aromatic N) is 2. The van der Waals surface area contributed by atoms with Gasteiger partial charge in [0, 0.05) is 25.1 Å². The minimum absolute atomic E-state index is 0.108. The predicted molar refractivity (Wildman–Crippen MR) is 111 cm³/mol. The first kappa shape index (κ1) is 20.6. The van der Waals surface area contributed by atoms with Crippen molar-refractivity contribution in [1.82, 2.24) is 15.1 Å². The van der Waals surface area contributed by atoms with Crippen LogP contribution in [-0.4, -0.2) is 72.3 Å². The van der Waals surface area contributed by atoms with Crippen LogP contribution in [0, 0.1) is 0 Å². The fourth-order valence-corrected chi connectivity index (χ4v) is 4.05. The summed E-state index contributed by atoms with van der Waals surface area (Å²) in [6, 6.07) is 14.5. The Labute approximate surface area is 179 Å². The third-order valence-electron chi connectivity index (χ3n) is 5.68. The average molecular weight is 421 g/mol. The molecule has 2 saturated heterocycles. The summed E-state index contributed by atoms with van der Waals surface area (Å²) in [5.41, 5.74) is 1.58. The van der Waals surface area contributed by atoms with Gasteiger partial charge in [-0.2, -0.15) is 0 Å². The number of methoxy groups -OCH3 is 1. The van der Waals surface area contributed by atoms with Crippen molar-refractivity contribution in [3.8, 4) is 0 Å². The standard InChI is InChI=1S/C23H23N3O5/c1-31-23(30)17-9-5-8-16(13-17)21(28)25-10-11-26-19(14-25)20(27)24-18(22(26)29)12-15-6-3-2-4-7-15/h2-9,13,18-19H,10-12,14H2,1H3,(H,24,27). The molecule has 160 valence electrons. The van der Waals surface area contributed by atoms with E-state index in [0.717, 1.165) is 5.56 Å². The van der Waals surface area contributed by atoms with E-state index in [1.807, 2.05) is 30.3 Å². The van der Waals surface area contributed by atoms with Crippen LogP contribution in [0.4, 0.5) is 0 Å². The van der Waals surface area contributed by atoms with Crippen molar-refractivity contribution in [1.29, 1.82) is 0 Å². The van der Waals surface area contributed by atoms with E-state index in [-0.39, 0.29) is 36.4 Å². The molecule has 0 radical (unpaired) electrons. The maximum absolute atomic E-state index is 13.0. The molecule has 8 heteroatoms. The van der Waals surface area contributed by atoms with Crippen molar-refractivity contribution in [3.05, 3.63) is 71.3 Å². The molecular weight excluding hydrogens is 398 g/mol. The Bertz CT molecular complexity index is 1020. The highest BCUT2D eigenvalue weighted by atomic mass is 16.5. The maximum Gasteiger partial charge on any atom is 0.337 e. The Hall–Kier alpha value is -3.68. The summed E-state index contributed by atoms with van der Waals surface area (Å²) in [6.45, 7) is 0.705. The summed E-state index contributed by atoms with van der Waals surface area (Å²) in [6.07, 6.45) is 0.428. The molecule has 2 atom stereocenters. The van der Waals surface area contributed by atoms with Crippen LogP contribution >= 0.6 is 0 Å². The molecule has 0 bridgehead atoms. The van der Waals surface area contributed by atoms with Gasteiger partial charge >= 0.3 is 5.97 Å². The fourth-order valence-electron chi connectivity index (χ4n) is 4.05. The van der Waals surface area contributed by atoms with Gasteiger partial charge in [0.2, 0.25) is 11.8 Å². The molecule has 2 heterocycles. The molecule has 2 aromatic rings. The monoisotopic (exact) mass is 421 g/mol. The molecule has 0 aliphatic carbocycles. The summed E-state index contributed by atoms with van der Waals surface area (Å²) >= 11 is 0. The summed E-state index contributed by atoms with van der Waals surface area (Å²) in [7, 11) is 1.28. The SMILES string of the molecule is COC(=O)c1cccc(C(=O)N2CCN3C(=O)C(Cc4ccccc4)NC(=O)C3C2)c1. The molecule has 2 fully saturated rings. The second-order valence-electron chi connectivity index (χ2n) is 7.62. The first-order valence-electron chi connectivity index (χ1n) is 10.1. The van der Waals surface area contributed by atoms with E-state index in [0.29, 0.717) is 18.5 Å². The number of piperazine rings is 2. The van der Waals surface area contributed by atoms with Crippen LogP contribution in [0.1, 0.15) is 26.3 Å². The number of carbonyl (C=O) groups excluding carboxylic acids is 4. The zero-order chi connectivity index (χ0) is 22.0. The molecule has 8 nitrogen and oxygen atoms in total. The van der Waals surface area contributed by atoms with E-state index >= 15 is 0 Å². The first-order valence-corrected chi connectivity index (χ1v) is 10.1. The lowest BCUT2D eigenvalue weighted by Gasteiger charge is -2.45. The molecule has 3 amide bonds. The summed E-state index contributed by atoms with van der Waals surface area (Å²) in [5.74, 6) is -1.21.